The van der Waals surface area contributed by atoms with E-state index in [1.807, 2.05) is 0 Å². The van der Waals surface area contributed by atoms with E-state index in [1.54, 1.807) is 48.5 Å². The molecule has 160 valence electrons. The first-order chi connectivity index (χ1) is 15.4. The molecule has 6 atom stereocenters. The Bertz CT molecular complexity index is 1200. The summed E-state index contributed by atoms with van der Waals surface area (Å²) < 4.78 is 0. The first-order valence-electron chi connectivity index (χ1n) is 11.0. The molecule has 1 N–H and O–H groups in total. The number of anilines is 2. The zero-order valence-electron chi connectivity index (χ0n) is 17.5. The minimum Gasteiger partial charge on any atom is -0.322 e. The van der Waals surface area contributed by atoms with Crippen LogP contribution >= 0.6 is 0 Å². The quantitative estimate of drug-likeness (QED) is 0.459. The van der Waals surface area contributed by atoms with Gasteiger partial charge in [0, 0.05) is 16.8 Å². The SMILES string of the molecule is CC(=O)c1cccc(NC(=O)c2cccc(N3C(=O)[C@@H]4[C@H]5C=C[C@@H]([C@@H]6C[C@@H]56)[C@@H]4C3=O)c2)c1. The van der Waals surface area contributed by atoms with E-state index in [-0.39, 0.29) is 47.2 Å². The third-order valence-corrected chi connectivity index (χ3v) is 7.56. The van der Waals surface area contributed by atoms with Gasteiger partial charge in [0.2, 0.25) is 11.8 Å². The molecule has 7 rings (SSSR count). The van der Waals surface area contributed by atoms with Gasteiger partial charge in [-0.25, -0.2) is 4.90 Å². The number of nitrogens with one attached hydrogen (secondary N) is 1. The number of benzene rings is 2. The molecule has 3 amide bonds. The van der Waals surface area contributed by atoms with Gasteiger partial charge < -0.3 is 5.32 Å². The van der Waals surface area contributed by atoms with E-state index in [9.17, 15) is 19.2 Å². The predicted octanol–water partition coefficient (Wildman–Crippen LogP) is 3.70. The summed E-state index contributed by atoms with van der Waals surface area (Å²) in [7, 11) is 0. The molecule has 2 saturated carbocycles. The number of rotatable bonds is 4. The molecule has 32 heavy (non-hydrogen) atoms. The second-order valence-electron chi connectivity index (χ2n) is 9.31. The maximum atomic E-state index is 13.3. The number of ketones is 1. The standard InChI is InChI=1S/C26H22N2O4/c1-13(29)14-4-2-6-16(10-14)27-24(30)15-5-3-7-17(11-15)28-25(31)22-18-8-9-19(21-12-20(18)21)23(22)26(28)32/h2-11,18-23H,12H2,1H3,(H,27,30)/t18-,19-,20-,21-,22-,23+/m0/s1. The number of Topliss-reactive ketones (excluding diaryl/α,β-unsaturated/α-hetero) is 1. The predicted molar refractivity (Wildman–Crippen MR) is 118 cm³/mol. The fourth-order valence-electron chi connectivity index (χ4n) is 6.02. The smallest absolute Gasteiger partial charge is 0.255 e. The van der Waals surface area contributed by atoms with E-state index < -0.39 is 0 Å². The maximum Gasteiger partial charge on any atom is 0.255 e. The molecule has 6 nitrogen and oxygen atoms in total. The lowest BCUT2D eigenvalue weighted by molar-refractivity contribution is -0.124. The van der Waals surface area contributed by atoms with Gasteiger partial charge in [-0.3, -0.25) is 19.2 Å². The molecule has 1 saturated heterocycles. The Hall–Kier alpha value is -3.54. The lowest BCUT2D eigenvalue weighted by Gasteiger charge is -2.37. The largest absolute Gasteiger partial charge is 0.322 e. The molecule has 2 bridgehead atoms. The van der Waals surface area contributed by atoms with Crippen LogP contribution < -0.4 is 10.2 Å². The first kappa shape index (κ1) is 19.2. The fraction of sp³-hybridized carbons (Fsp3) is 0.308. The van der Waals surface area contributed by atoms with Crippen molar-refractivity contribution in [3.8, 4) is 0 Å². The van der Waals surface area contributed by atoms with Crippen LogP contribution in [0.4, 0.5) is 11.4 Å². The minimum absolute atomic E-state index is 0.0864. The molecule has 5 aliphatic rings. The Morgan fingerprint density at radius 3 is 2.16 bits per heavy atom. The van der Waals surface area contributed by atoms with Crippen LogP contribution in [0, 0.1) is 35.5 Å². The molecule has 0 radical (unpaired) electrons. The molecule has 3 fully saturated rings. The highest BCUT2D eigenvalue weighted by atomic mass is 16.2. The number of imide groups is 1. The number of allylic oxidation sites excluding steroid dienone is 2. The van der Waals surface area contributed by atoms with Crippen LogP contribution in [0.15, 0.2) is 60.7 Å². The highest BCUT2D eigenvalue weighted by Crippen LogP contribution is 2.65. The van der Waals surface area contributed by atoms with Gasteiger partial charge in [0.05, 0.1) is 17.5 Å². The van der Waals surface area contributed by atoms with Crippen molar-refractivity contribution in [3.63, 3.8) is 0 Å². The molecular formula is C26H22N2O4. The van der Waals surface area contributed by atoms with Crippen molar-refractivity contribution in [2.45, 2.75) is 13.3 Å². The summed E-state index contributed by atoms with van der Waals surface area (Å²) in [5, 5.41) is 2.79. The first-order valence-corrected chi connectivity index (χ1v) is 11.0. The van der Waals surface area contributed by atoms with Crippen molar-refractivity contribution in [1.82, 2.24) is 0 Å². The van der Waals surface area contributed by atoms with E-state index >= 15 is 0 Å². The van der Waals surface area contributed by atoms with E-state index in [0.29, 0.717) is 34.3 Å². The van der Waals surface area contributed by atoms with Gasteiger partial charge in [0.25, 0.3) is 5.91 Å². The second kappa shape index (κ2) is 6.73. The monoisotopic (exact) mass is 426 g/mol. The van der Waals surface area contributed by atoms with E-state index in [2.05, 4.69) is 17.5 Å². The van der Waals surface area contributed by atoms with Crippen molar-refractivity contribution in [2.75, 3.05) is 10.2 Å². The third-order valence-electron chi connectivity index (χ3n) is 7.56. The summed E-state index contributed by atoms with van der Waals surface area (Å²) in [6.45, 7) is 1.47. The van der Waals surface area contributed by atoms with Crippen molar-refractivity contribution in [3.05, 3.63) is 71.8 Å². The topological polar surface area (TPSA) is 83.6 Å². The maximum absolute atomic E-state index is 13.3. The van der Waals surface area contributed by atoms with Crippen LogP contribution in [0.25, 0.3) is 0 Å². The molecule has 4 aliphatic carbocycles. The third kappa shape index (κ3) is 2.72. The zero-order valence-corrected chi connectivity index (χ0v) is 17.5. The van der Waals surface area contributed by atoms with Crippen LogP contribution in [-0.4, -0.2) is 23.5 Å². The fourth-order valence-corrected chi connectivity index (χ4v) is 6.02. The van der Waals surface area contributed by atoms with Crippen LogP contribution in [0.1, 0.15) is 34.1 Å². The molecule has 6 heteroatoms. The van der Waals surface area contributed by atoms with Crippen LogP contribution in [-0.2, 0) is 9.59 Å². The Kier molecular flexibility index (Phi) is 4.03. The van der Waals surface area contributed by atoms with Gasteiger partial charge in [0.1, 0.15) is 0 Å². The van der Waals surface area contributed by atoms with Gasteiger partial charge >= 0.3 is 0 Å². The summed E-state index contributed by atoms with van der Waals surface area (Å²) in [5.74, 6) is 0.141. The lowest BCUT2D eigenvalue weighted by Crippen LogP contribution is -2.40. The second-order valence-corrected chi connectivity index (χ2v) is 9.31. The summed E-state index contributed by atoms with van der Waals surface area (Å²) in [6, 6.07) is 13.4. The summed E-state index contributed by atoms with van der Waals surface area (Å²) in [6.07, 6.45) is 5.41. The normalized spacial score (nSPS) is 31.3. The molecule has 0 aromatic heterocycles. The Balaban J connectivity index is 1.27. The van der Waals surface area contributed by atoms with Crippen molar-refractivity contribution in [1.29, 1.82) is 0 Å². The number of carbonyl (C=O) groups excluding carboxylic acids is 4. The molecule has 1 aliphatic heterocycles. The van der Waals surface area contributed by atoms with Gasteiger partial charge in [-0.15, -0.1) is 0 Å². The highest BCUT2D eigenvalue weighted by molar-refractivity contribution is 6.23. The van der Waals surface area contributed by atoms with Gasteiger partial charge in [0.15, 0.2) is 5.78 Å². The van der Waals surface area contributed by atoms with Crippen molar-refractivity contribution in [2.24, 2.45) is 35.5 Å². The van der Waals surface area contributed by atoms with Gasteiger partial charge in [-0.2, -0.15) is 0 Å². The molecule has 0 unspecified atom stereocenters. The average Bonchev–Trinajstić information content (AvgIpc) is 3.57. The van der Waals surface area contributed by atoms with Gasteiger partial charge in [-0.1, -0.05) is 30.4 Å². The summed E-state index contributed by atoms with van der Waals surface area (Å²) in [5.41, 5.74) is 1.80. The molecule has 0 spiro atoms. The van der Waals surface area contributed by atoms with E-state index in [4.69, 9.17) is 0 Å². The van der Waals surface area contributed by atoms with Crippen molar-refractivity contribution >= 4 is 34.9 Å². The Morgan fingerprint density at radius 2 is 1.50 bits per heavy atom. The highest BCUT2D eigenvalue weighted by Gasteiger charge is 2.67. The van der Waals surface area contributed by atoms with Crippen LogP contribution in [0.2, 0.25) is 0 Å². The number of hydrogen-bond donors (Lipinski definition) is 1. The molecule has 2 aromatic rings. The minimum atomic E-state index is -0.368. The molecule has 1 heterocycles. The number of nitrogens with zero attached hydrogens (tertiary/aromatic N) is 1. The lowest BCUT2D eigenvalue weighted by atomic mass is 9.63. The summed E-state index contributed by atoms with van der Waals surface area (Å²) in [4.78, 5) is 52.4. The van der Waals surface area contributed by atoms with Crippen LogP contribution in [0.5, 0.6) is 0 Å². The van der Waals surface area contributed by atoms with E-state index in [1.165, 1.54) is 11.8 Å². The average molecular weight is 426 g/mol. The Morgan fingerprint density at radius 1 is 0.875 bits per heavy atom. The van der Waals surface area contributed by atoms with Gasteiger partial charge in [-0.05, 0) is 67.3 Å². The zero-order chi connectivity index (χ0) is 22.1. The Labute approximate surface area is 185 Å². The number of carbonyl (C=O) groups is 4. The number of hydrogen-bond acceptors (Lipinski definition) is 4. The number of amides is 3. The van der Waals surface area contributed by atoms with E-state index in [0.717, 1.165) is 6.42 Å². The van der Waals surface area contributed by atoms with Crippen LogP contribution in [0.3, 0.4) is 0 Å². The summed E-state index contributed by atoms with van der Waals surface area (Å²) >= 11 is 0. The molecular weight excluding hydrogens is 404 g/mol. The van der Waals surface area contributed by atoms with Crippen molar-refractivity contribution < 1.29 is 19.2 Å². The molecule has 2 aromatic carbocycles.